The summed E-state index contributed by atoms with van der Waals surface area (Å²) in [4.78, 5) is 14.0. The zero-order chi connectivity index (χ0) is 29.8. The van der Waals surface area contributed by atoms with E-state index in [9.17, 15) is 21.6 Å². The lowest BCUT2D eigenvalue weighted by Gasteiger charge is -2.23. The van der Waals surface area contributed by atoms with E-state index in [0.717, 1.165) is 4.90 Å². The fraction of sp³-hybridized carbons (Fsp3) is 0.138. The van der Waals surface area contributed by atoms with E-state index in [-0.39, 0.29) is 16.3 Å². The summed E-state index contributed by atoms with van der Waals surface area (Å²) in [6, 6.07) is 23.6. The van der Waals surface area contributed by atoms with Crippen LogP contribution < -0.4 is 14.3 Å². The standard InChI is InChI=1S/C29H28ClN3O5S3/c1-4-33(41(37,38)26-18-14-24(39-3)15-19-26)23-12-8-21(9-13-23)29(34)31-22-10-16-25(17-11-22)40(35,36)32-28-7-5-6-27(30)20(28)2/h5-19,32H,4H2,1-3H3,(H,31,34). The second-order valence-corrected chi connectivity index (χ2v) is 13.7. The minimum absolute atomic E-state index is 0.0168. The highest BCUT2D eigenvalue weighted by molar-refractivity contribution is 7.98. The van der Waals surface area contributed by atoms with Crippen LogP contribution in [-0.4, -0.2) is 35.5 Å². The van der Waals surface area contributed by atoms with Crippen LogP contribution in [-0.2, 0) is 20.0 Å². The SMILES string of the molecule is CCN(c1ccc(C(=O)Nc2ccc(S(=O)(=O)Nc3cccc(Cl)c3C)cc2)cc1)S(=O)(=O)c1ccc(SC)cc1. The number of hydrogen-bond acceptors (Lipinski definition) is 6. The summed E-state index contributed by atoms with van der Waals surface area (Å²) >= 11 is 7.62. The molecule has 4 aromatic rings. The average Bonchev–Trinajstić information content (AvgIpc) is 2.96. The second-order valence-electron chi connectivity index (χ2n) is 8.89. The van der Waals surface area contributed by atoms with Gasteiger partial charge in [-0.2, -0.15) is 0 Å². The molecule has 0 aliphatic rings. The van der Waals surface area contributed by atoms with Crippen LogP contribution in [0.4, 0.5) is 17.1 Å². The van der Waals surface area contributed by atoms with Gasteiger partial charge in [0.15, 0.2) is 0 Å². The first-order valence-electron chi connectivity index (χ1n) is 12.4. The van der Waals surface area contributed by atoms with Gasteiger partial charge in [-0.05, 0) is 111 Å². The Morgan fingerprint density at radius 2 is 1.46 bits per heavy atom. The van der Waals surface area contributed by atoms with Gasteiger partial charge in [0, 0.05) is 27.7 Å². The van der Waals surface area contributed by atoms with Crippen molar-refractivity contribution in [2.75, 3.05) is 27.1 Å². The number of benzene rings is 4. The number of carbonyl (C=O) groups excluding carboxylic acids is 1. The molecule has 0 aliphatic heterocycles. The summed E-state index contributed by atoms with van der Waals surface area (Å²) in [5.41, 5.74) is 2.11. The highest BCUT2D eigenvalue weighted by atomic mass is 35.5. The Labute approximate surface area is 249 Å². The van der Waals surface area contributed by atoms with Crippen molar-refractivity contribution in [1.29, 1.82) is 0 Å². The number of thioether (sulfide) groups is 1. The van der Waals surface area contributed by atoms with Crippen molar-refractivity contribution in [1.82, 2.24) is 0 Å². The Morgan fingerprint density at radius 1 is 0.854 bits per heavy atom. The van der Waals surface area contributed by atoms with Crippen LogP contribution in [0.25, 0.3) is 0 Å². The van der Waals surface area contributed by atoms with Gasteiger partial charge >= 0.3 is 0 Å². The van der Waals surface area contributed by atoms with E-state index in [1.807, 2.05) is 6.26 Å². The van der Waals surface area contributed by atoms with E-state index in [0.29, 0.717) is 33.2 Å². The third-order valence-electron chi connectivity index (χ3n) is 6.29. The van der Waals surface area contributed by atoms with Crippen molar-refractivity contribution in [3.05, 3.63) is 107 Å². The van der Waals surface area contributed by atoms with Gasteiger partial charge in [-0.15, -0.1) is 11.8 Å². The summed E-state index contributed by atoms with van der Waals surface area (Å²) < 4.78 is 56.0. The molecule has 0 fully saturated rings. The molecule has 214 valence electrons. The molecule has 0 saturated carbocycles. The maximum absolute atomic E-state index is 13.2. The third-order valence-corrected chi connectivity index (χ3v) is 10.7. The number of amides is 1. The zero-order valence-electron chi connectivity index (χ0n) is 22.5. The van der Waals surface area contributed by atoms with E-state index in [4.69, 9.17) is 11.6 Å². The van der Waals surface area contributed by atoms with E-state index < -0.39 is 26.0 Å². The van der Waals surface area contributed by atoms with Crippen molar-refractivity contribution in [3.63, 3.8) is 0 Å². The Bertz CT molecular complexity index is 1760. The molecule has 0 spiro atoms. The highest BCUT2D eigenvalue weighted by Crippen LogP contribution is 2.27. The Morgan fingerprint density at radius 3 is 2.05 bits per heavy atom. The molecule has 0 aromatic heterocycles. The number of nitrogens with one attached hydrogen (secondary N) is 2. The van der Waals surface area contributed by atoms with Gasteiger partial charge in [-0.25, -0.2) is 16.8 Å². The third kappa shape index (κ3) is 6.87. The van der Waals surface area contributed by atoms with Crippen molar-refractivity contribution in [2.45, 2.75) is 28.5 Å². The van der Waals surface area contributed by atoms with Crippen molar-refractivity contribution in [3.8, 4) is 0 Å². The predicted molar refractivity (Wildman–Crippen MR) is 166 cm³/mol. The minimum Gasteiger partial charge on any atom is -0.322 e. The molecule has 1 amide bonds. The number of carbonyl (C=O) groups is 1. The molecule has 0 bridgehead atoms. The molecule has 0 radical (unpaired) electrons. The molecule has 41 heavy (non-hydrogen) atoms. The van der Waals surface area contributed by atoms with E-state index in [2.05, 4.69) is 10.0 Å². The van der Waals surface area contributed by atoms with E-state index in [1.165, 1.54) is 52.5 Å². The summed E-state index contributed by atoms with van der Waals surface area (Å²) in [6.07, 6.45) is 1.92. The lowest BCUT2D eigenvalue weighted by molar-refractivity contribution is 0.102. The zero-order valence-corrected chi connectivity index (χ0v) is 25.7. The van der Waals surface area contributed by atoms with Crippen LogP contribution in [0.5, 0.6) is 0 Å². The molecule has 8 nitrogen and oxygen atoms in total. The Balaban J connectivity index is 1.45. The first-order chi connectivity index (χ1) is 19.5. The maximum Gasteiger partial charge on any atom is 0.264 e. The maximum atomic E-state index is 13.2. The fourth-order valence-corrected chi connectivity index (χ4v) is 7.17. The molecular formula is C29H28ClN3O5S3. The van der Waals surface area contributed by atoms with Crippen LogP contribution in [0.15, 0.2) is 106 Å². The minimum atomic E-state index is -3.88. The predicted octanol–water partition coefficient (Wildman–Crippen LogP) is 6.64. The summed E-state index contributed by atoms with van der Waals surface area (Å²) in [5, 5.41) is 3.17. The normalized spacial score (nSPS) is 11.6. The molecule has 4 aromatic carbocycles. The van der Waals surface area contributed by atoms with Gasteiger partial charge in [0.25, 0.3) is 26.0 Å². The highest BCUT2D eigenvalue weighted by Gasteiger charge is 2.24. The first kappa shape index (κ1) is 30.4. The molecule has 0 aliphatic carbocycles. The van der Waals surface area contributed by atoms with Crippen molar-refractivity contribution < 1.29 is 21.6 Å². The van der Waals surface area contributed by atoms with E-state index >= 15 is 0 Å². The monoisotopic (exact) mass is 629 g/mol. The lowest BCUT2D eigenvalue weighted by atomic mass is 10.2. The van der Waals surface area contributed by atoms with Crippen LogP contribution in [0.1, 0.15) is 22.8 Å². The summed E-state index contributed by atoms with van der Waals surface area (Å²) in [6.45, 7) is 3.66. The number of nitrogens with zero attached hydrogens (tertiary/aromatic N) is 1. The van der Waals surface area contributed by atoms with Gasteiger partial charge in [-0.1, -0.05) is 17.7 Å². The van der Waals surface area contributed by atoms with Gasteiger partial charge in [0.2, 0.25) is 0 Å². The molecule has 4 rings (SSSR count). The molecule has 0 atom stereocenters. The molecule has 0 heterocycles. The lowest BCUT2D eigenvalue weighted by Crippen LogP contribution is -2.30. The quantitative estimate of drug-likeness (QED) is 0.190. The van der Waals surface area contributed by atoms with Crippen LogP contribution in [0.2, 0.25) is 5.02 Å². The second kappa shape index (κ2) is 12.6. The molecule has 12 heteroatoms. The smallest absolute Gasteiger partial charge is 0.264 e. The Kier molecular flexibility index (Phi) is 9.33. The first-order valence-corrected chi connectivity index (χ1v) is 16.9. The van der Waals surface area contributed by atoms with E-state index in [1.54, 1.807) is 68.4 Å². The van der Waals surface area contributed by atoms with Gasteiger partial charge in [0.05, 0.1) is 21.2 Å². The van der Waals surface area contributed by atoms with Crippen LogP contribution in [0.3, 0.4) is 0 Å². The van der Waals surface area contributed by atoms with Gasteiger partial charge < -0.3 is 5.32 Å². The van der Waals surface area contributed by atoms with Gasteiger partial charge in [-0.3, -0.25) is 13.8 Å². The number of hydrogen-bond donors (Lipinski definition) is 2. The fourth-order valence-electron chi connectivity index (χ4n) is 3.99. The van der Waals surface area contributed by atoms with Crippen molar-refractivity contribution >= 4 is 66.4 Å². The molecule has 0 saturated heterocycles. The molecule has 2 N–H and O–H groups in total. The van der Waals surface area contributed by atoms with Crippen LogP contribution in [0, 0.1) is 6.92 Å². The van der Waals surface area contributed by atoms with Crippen LogP contribution >= 0.6 is 23.4 Å². The topological polar surface area (TPSA) is 113 Å². The number of halogens is 1. The summed E-state index contributed by atoms with van der Waals surface area (Å²) in [7, 11) is -7.67. The summed E-state index contributed by atoms with van der Waals surface area (Å²) in [5.74, 6) is -0.432. The number of anilines is 3. The molecular weight excluding hydrogens is 602 g/mol. The van der Waals surface area contributed by atoms with Crippen molar-refractivity contribution in [2.24, 2.45) is 0 Å². The average molecular weight is 630 g/mol. The largest absolute Gasteiger partial charge is 0.322 e. The number of sulfonamides is 2. The number of rotatable bonds is 10. The Hall–Kier alpha value is -3.51. The molecule has 0 unspecified atom stereocenters. The van der Waals surface area contributed by atoms with Gasteiger partial charge in [0.1, 0.15) is 0 Å².